The average Bonchev–Trinajstić information content (AvgIpc) is 2.81. The van der Waals surface area contributed by atoms with Crippen molar-refractivity contribution in [2.75, 3.05) is 18.6 Å². The molecule has 1 aromatic carbocycles. The van der Waals surface area contributed by atoms with Crippen LogP contribution in [-0.4, -0.2) is 12.9 Å². The Morgan fingerprint density at radius 2 is 2.12 bits per heavy atom. The van der Waals surface area contributed by atoms with Crippen LogP contribution < -0.4 is 10.5 Å². The fraction of sp³-hybridized carbons (Fsp3) is 0.538. The fourth-order valence-corrected chi connectivity index (χ4v) is 3.33. The van der Waals surface area contributed by atoms with Crippen molar-refractivity contribution in [1.82, 2.24) is 0 Å². The Morgan fingerprint density at radius 1 is 1.38 bits per heavy atom. The van der Waals surface area contributed by atoms with Crippen molar-refractivity contribution in [3.8, 4) is 5.75 Å². The van der Waals surface area contributed by atoms with E-state index in [4.69, 9.17) is 10.5 Å². The molecule has 1 saturated carbocycles. The number of hydrogen-bond donors (Lipinski definition) is 1. The summed E-state index contributed by atoms with van der Waals surface area (Å²) in [6, 6.07) is 5.87. The number of rotatable bonds is 4. The van der Waals surface area contributed by atoms with E-state index in [0.29, 0.717) is 0 Å². The van der Waals surface area contributed by atoms with E-state index in [0.717, 1.165) is 22.3 Å². The topological polar surface area (TPSA) is 35.2 Å². The van der Waals surface area contributed by atoms with E-state index in [1.54, 1.807) is 7.11 Å². The third kappa shape index (κ3) is 2.85. The van der Waals surface area contributed by atoms with Crippen molar-refractivity contribution < 1.29 is 4.74 Å². The van der Waals surface area contributed by atoms with Gasteiger partial charge in [0.05, 0.1) is 7.11 Å². The minimum absolute atomic E-state index is 0.865. The van der Waals surface area contributed by atoms with Crippen LogP contribution in [0.25, 0.3) is 0 Å². The standard InChI is InChI=1S/C13H19NOS/c1-15-11-6-7-12(14)13(8-11)16-9-10-4-2-3-5-10/h6-8,10H,2-5,9,14H2,1H3. The minimum atomic E-state index is 0.865. The second-order valence-corrected chi connectivity index (χ2v) is 5.43. The van der Waals surface area contributed by atoms with Gasteiger partial charge in [-0.05, 0) is 37.0 Å². The Morgan fingerprint density at radius 3 is 2.81 bits per heavy atom. The highest BCUT2D eigenvalue weighted by Gasteiger charge is 2.15. The Labute approximate surface area is 102 Å². The number of methoxy groups -OCH3 is 1. The second-order valence-electron chi connectivity index (χ2n) is 4.37. The molecule has 2 nitrogen and oxygen atoms in total. The Hall–Kier alpha value is -0.830. The summed E-state index contributed by atoms with van der Waals surface area (Å²) in [5, 5.41) is 0. The number of benzene rings is 1. The Bertz CT molecular complexity index is 348. The molecule has 0 spiro atoms. The first kappa shape index (κ1) is 11.6. The van der Waals surface area contributed by atoms with Crippen molar-refractivity contribution in [3.63, 3.8) is 0 Å². The molecular weight excluding hydrogens is 218 g/mol. The van der Waals surface area contributed by atoms with E-state index in [-0.39, 0.29) is 0 Å². The number of anilines is 1. The van der Waals surface area contributed by atoms with Gasteiger partial charge in [0, 0.05) is 16.3 Å². The zero-order valence-electron chi connectivity index (χ0n) is 9.74. The lowest BCUT2D eigenvalue weighted by Crippen LogP contribution is -1.98. The smallest absolute Gasteiger partial charge is 0.120 e. The molecule has 2 rings (SSSR count). The number of thioether (sulfide) groups is 1. The summed E-state index contributed by atoms with van der Waals surface area (Å²) in [5.74, 6) is 2.97. The molecule has 88 valence electrons. The lowest BCUT2D eigenvalue weighted by atomic mass is 10.1. The van der Waals surface area contributed by atoms with E-state index in [1.165, 1.54) is 31.4 Å². The molecule has 0 radical (unpaired) electrons. The van der Waals surface area contributed by atoms with Gasteiger partial charge in [-0.25, -0.2) is 0 Å². The van der Waals surface area contributed by atoms with Crippen LogP contribution in [0.3, 0.4) is 0 Å². The molecule has 0 saturated heterocycles. The molecule has 0 unspecified atom stereocenters. The predicted octanol–water partition coefficient (Wildman–Crippen LogP) is 3.56. The van der Waals surface area contributed by atoms with Crippen LogP contribution in [0.15, 0.2) is 23.1 Å². The largest absolute Gasteiger partial charge is 0.497 e. The first-order valence-corrected chi connectivity index (χ1v) is 6.84. The minimum Gasteiger partial charge on any atom is -0.497 e. The molecule has 1 aromatic rings. The van der Waals surface area contributed by atoms with Gasteiger partial charge in [-0.1, -0.05) is 12.8 Å². The van der Waals surface area contributed by atoms with Gasteiger partial charge in [-0.2, -0.15) is 0 Å². The summed E-state index contributed by atoms with van der Waals surface area (Å²) in [7, 11) is 1.69. The zero-order valence-corrected chi connectivity index (χ0v) is 10.6. The molecule has 1 fully saturated rings. The average molecular weight is 237 g/mol. The molecule has 3 heteroatoms. The molecule has 16 heavy (non-hydrogen) atoms. The summed E-state index contributed by atoms with van der Waals surface area (Å²) in [5.41, 5.74) is 6.82. The molecule has 0 atom stereocenters. The van der Waals surface area contributed by atoms with Gasteiger partial charge < -0.3 is 10.5 Å². The molecule has 2 N–H and O–H groups in total. The van der Waals surface area contributed by atoms with Gasteiger partial charge in [0.2, 0.25) is 0 Å². The van der Waals surface area contributed by atoms with Crippen LogP contribution in [0.1, 0.15) is 25.7 Å². The quantitative estimate of drug-likeness (QED) is 0.642. The molecule has 0 amide bonds. The van der Waals surface area contributed by atoms with Crippen LogP contribution in [-0.2, 0) is 0 Å². The molecule has 0 aromatic heterocycles. The SMILES string of the molecule is COc1ccc(N)c(SCC2CCCC2)c1. The maximum absolute atomic E-state index is 5.95. The van der Waals surface area contributed by atoms with Gasteiger partial charge >= 0.3 is 0 Å². The van der Waals surface area contributed by atoms with Gasteiger partial charge in [-0.15, -0.1) is 11.8 Å². The first-order valence-electron chi connectivity index (χ1n) is 5.86. The highest BCUT2D eigenvalue weighted by molar-refractivity contribution is 7.99. The number of hydrogen-bond acceptors (Lipinski definition) is 3. The van der Waals surface area contributed by atoms with Gasteiger partial charge in [-0.3, -0.25) is 0 Å². The van der Waals surface area contributed by atoms with Crippen molar-refractivity contribution in [1.29, 1.82) is 0 Å². The maximum atomic E-state index is 5.95. The highest BCUT2D eigenvalue weighted by atomic mass is 32.2. The van der Waals surface area contributed by atoms with E-state index in [9.17, 15) is 0 Å². The van der Waals surface area contributed by atoms with Crippen molar-refractivity contribution >= 4 is 17.4 Å². The number of nitrogen functional groups attached to an aromatic ring is 1. The summed E-state index contributed by atoms with van der Waals surface area (Å²) in [6.07, 6.45) is 5.57. The fourth-order valence-electron chi connectivity index (χ4n) is 2.15. The summed E-state index contributed by atoms with van der Waals surface area (Å²) in [4.78, 5) is 1.16. The van der Waals surface area contributed by atoms with E-state index in [2.05, 4.69) is 0 Å². The maximum Gasteiger partial charge on any atom is 0.120 e. The summed E-state index contributed by atoms with van der Waals surface area (Å²) < 4.78 is 5.21. The third-order valence-electron chi connectivity index (χ3n) is 3.17. The van der Waals surface area contributed by atoms with E-state index < -0.39 is 0 Å². The number of nitrogens with two attached hydrogens (primary N) is 1. The van der Waals surface area contributed by atoms with Gasteiger partial charge in [0.1, 0.15) is 5.75 Å². The Kier molecular flexibility index (Phi) is 3.99. The van der Waals surface area contributed by atoms with Crippen LogP contribution in [0.5, 0.6) is 5.75 Å². The normalized spacial score (nSPS) is 16.6. The molecule has 0 bridgehead atoms. The Balaban J connectivity index is 1.96. The molecule has 0 aliphatic heterocycles. The monoisotopic (exact) mass is 237 g/mol. The summed E-state index contributed by atoms with van der Waals surface area (Å²) in [6.45, 7) is 0. The summed E-state index contributed by atoms with van der Waals surface area (Å²) >= 11 is 1.87. The third-order valence-corrected chi connectivity index (χ3v) is 4.47. The van der Waals surface area contributed by atoms with Crippen LogP contribution in [0.4, 0.5) is 5.69 Å². The van der Waals surface area contributed by atoms with Crippen molar-refractivity contribution in [3.05, 3.63) is 18.2 Å². The zero-order chi connectivity index (χ0) is 11.4. The molecule has 1 aliphatic rings. The van der Waals surface area contributed by atoms with Gasteiger partial charge in [0.15, 0.2) is 0 Å². The highest BCUT2D eigenvalue weighted by Crippen LogP contribution is 2.34. The molecule has 1 aliphatic carbocycles. The van der Waals surface area contributed by atoms with Crippen molar-refractivity contribution in [2.24, 2.45) is 5.92 Å². The second kappa shape index (κ2) is 5.48. The van der Waals surface area contributed by atoms with Crippen LogP contribution >= 0.6 is 11.8 Å². The lowest BCUT2D eigenvalue weighted by molar-refractivity contribution is 0.414. The molecular formula is C13H19NOS. The van der Waals surface area contributed by atoms with E-state index in [1.807, 2.05) is 30.0 Å². The molecule has 0 heterocycles. The van der Waals surface area contributed by atoms with Crippen LogP contribution in [0, 0.1) is 5.92 Å². The van der Waals surface area contributed by atoms with Crippen LogP contribution in [0.2, 0.25) is 0 Å². The van der Waals surface area contributed by atoms with Gasteiger partial charge in [0.25, 0.3) is 0 Å². The van der Waals surface area contributed by atoms with E-state index >= 15 is 0 Å². The lowest BCUT2D eigenvalue weighted by Gasteiger charge is -2.11. The van der Waals surface area contributed by atoms with Crippen molar-refractivity contribution in [2.45, 2.75) is 30.6 Å². The predicted molar refractivity (Wildman–Crippen MR) is 70.1 cm³/mol. The first-order chi connectivity index (χ1) is 7.79. The number of ether oxygens (including phenoxy) is 1.